The van der Waals surface area contributed by atoms with Gasteiger partial charge in [-0.25, -0.2) is 9.97 Å². The van der Waals surface area contributed by atoms with Gasteiger partial charge < -0.3 is 0 Å². The molecule has 0 atom stereocenters. The van der Waals surface area contributed by atoms with Crippen LogP contribution >= 0.6 is 0 Å². The summed E-state index contributed by atoms with van der Waals surface area (Å²) in [6, 6.07) is 75.0. The third-order valence-corrected chi connectivity index (χ3v) is 12.1. The Hall–Kier alpha value is -7.16. The molecule has 2 aliphatic carbocycles. The molecule has 0 fully saturated rings. The molecule has 0 N–H and O–H groups in total. The second-order valence-corrected chi connectivity index (χ2v) is 15.2. The van der Waals surface area contributed by atoms with Gasteiger partial charge in [-0.15, -0.1) is 0 Å². The van der Waals surface area contributed by atoms with Gasteiger partial charge in [0, 0.05) is 16.7 Å². The van der Waals surface area contributed by atoms with Gasteiger partial charge in [0.1, 0.15) is 0 Å². The third kappa shape index (κ3) is 5.33. The van der Waals surface area contributed by atoms with Gasteiger partial charge >= 0.3 is 0 Å². The quantitative estimate of drug-likeness (QED) is 0.170. The Balaban J connectivity index is 1.22. The monoisotopic (exact) mass is 726 g/mol. The molecule has 0 unspecified atom stereocenters. The molecule has 0 amide bonds. The number of aromatic nitrogens is 2. The number of aryl methyl sites for hydroxylation is 1. The molecule has 0 saturated carbocycles. The first-order valence-electron chi connectivity index (χ1n) is 19.9. The van der Waals surface area contributed by atoms with Crippen LogP contribution in [0.25, 0.3) is 67.3 Å². The average molecular weight is 727 g/mol. The summed E-state index contributed by atoms with van der Waals surface area (Å²) in [6.45, 7) is 0. The summed E-state index contributed by atoms with van der Waals surface area (Å²) in [6.07, 6.45) is 1.93. The topological polar surface area (TPSA) is 25.8 Å². The molecule has 0 aliphatic heterocycles. The lowest BCUT2D eigenvalue weighted by atomic mass is 9.67. The summed E-state index contributed by atoms with van der Waals surface area (Å²) in [5.74, 6) is 0.720. The van der Waals surface area contributed by atoms with E-state index in [4.69, 9.17) is 9.97 Å². The normalized spacial score (nSPS) is 13.3. The Labute approximate surface area is 333 Å². The lowest BCUT2D eigenvalue weighted by Crippen LogP contribution is -2.28. The fourth-order valence-electron chi connectivity index (χ4n) is 9.62. The van der Waals surface area contributed by atoms with Crippen molar-refractivity contribution >= 4 is 0 Å². The Bertz CT molecular complexity index is 2840. The minimum atomic E-state index is -0.498. The molecule has 8 aromatic carbocycles. The van der Waals surface area contributed by atoms with E-state index in [0.717, 1.165) is 46.7 Å². The van der Waals surface area contributed by atoms with Crippen LogP contribution in [0, 0.1) is 0 Å². The zero-order valence-electron chi connectivity index (χ0n) is 31.4. The molecule has 11 rings (SSSR count). The van der Waals surface area contributed by atoms with Crippen molar-refractivity contribution in [3.05, 3.63) is 240 Å². The van der Waals surface area contributed by atoms with Crippen LogP contribution < -0.4 is 0 Å². The highest BCUT2D eigenvalue weighted by molar-refractivity contribution is 5.95. The van der Waals surface area contributed by atoms with Crippen molar-refractivity contribution in [2.75, 3.05) is 0 Å². The molecule has 1 heterocycles. The standard InChI is InChI=1S/C55H38N2/c1-5-18-38(19-6-1)51-36-52(57-54(56-51)39-20-7-2-8-21-39)48-34-33-44-43-26-14-13-17-37(43)29-32-47(44)53(48)40-30-31-46-45-27-15-16-28-49(45)55(50(46)35-40,41-22-9-3-10-23-41)42-24-11-4-12-25-42/h1-28,30-31,33-36H,29,32H2. The lowest BCUT2D eigenvalue weighted by Gasteiger charge is -2.34. The first kappa shape index (κ1) is 33.2. The zero-order chi connectivity index (χ0) is 37.8. The highest BCUT2D eigenvalue weighted by atomic mass is 14.9. The first-order chi connectivity index (χ1) is 28.3. The van der Waals surface area contributed by atoms with Crippen LogP contribution in [0.15, 0.2) is 206 Å². The van der Waals surface area contributed by atoms with Crippen molar-refractivity contribution in [1.82, 2.24) is 9.97 Å². The summed E-state index contributed by atoms with van der Waals surface area (Å²) in [7, 11) is 0. The largest absolute Gasteiger partial charge is 0.228 e. The van der Waals surface area contributed by atoms with Gasteiger partial charge in [-0.1, -0.05) is 194 Å². The second kappa shape index (κ2) is 13.5. The number of nitrogens with zero attached hydrogens (tertiary/aromatic N) is 2. The third-order valence-electron chi connectivity index (χ3n) is 12.1. The van der Waals surface area contributed by atoms with E-state index >= 15 is 0 Å². The average Bonchev–Trinajstić information content (AvgIpc) is 3.60. The molecule has 0 spiro atoms. The van der Waals surface area contributed by atoms with Crippen molar-refractivity contribution in [2.24, 2.45) is 0 Å². The predicted octanol–water partition coefficient (Wildman–Crippen LogP) is 13.3. The van der Waals surface area contributed by atoms with E-state index in [-0.39, 0.29) is 0 Å². The van der Waals surface area contributed by atoms with Gasteiger partial charge in [0.2, 0.25) is 0 Å². The number of rotatable bonds is 6. The van der Waals surface area contributed by atoms with Gasteiger partial charge in [-0.2, -0.15) is 0 Å². The summed E-state index contributed by atoms with van der Waals surface area (Å²) >= 11 is 0. The summed E-state index contributed by atoms with van der Waals surface area (Å²) in [5.41, 5.74) is 20.0. The van der Waals surface area contributed by atoms with Crippen molar-refractivity contribution in [2.45, 2.75) is 18.3 Å². The number of benzene rings is 8. The van der Waals surface area contributed by atoms with E-state index < -0.39 is 5.41 Å². The highest BCUT2D eigenvalue weighted by Gasteiger charge is 2.46. The van der Waals surface area contributed by atoms with E-state index in [1.807, 2.05) is 6.07 Å². The maximum atomic E-state index is 5.40. The molecular formula is C55H38N2. The van der Waals surface area contributed by atoms with Crippen molar-refractivity contribution in [1.29, 1.82) is 0 Å². The molecule has 1 aromatic heterocycles. The number of hydrogen-bond donors (Lipinski definition) is 0. The minimum Gasteiger partial charge on any atom is -0.228 e. The van der Waals surface area contributed by atoms with Gasteiger partial charge in [0.15, 0.2) is 5.82 Å². The smallest absolute Gasteiger partial charge is 0.160 e. The van der Waals surface area contributed by atoms with E-state index in [1.165, 1.54) is 66.8 Å². The van der Waals surface area contributed by atoms with Crippen molar-refractivity contribution in [3.8, 4) is 67.3 Å². The van der Waals surface area contributed by atoms with Crippen LogP contribution in [0.3, 0.4) is 0 Å². The first-order valence-corrected chi connectivity index (χ1v) is 19.9. The molecule has 2 aliphatic rings. The fraction of sp³-hybridized carbons (Fsp3) is 0.0545. The predicted molar refractivity (Wildman–Crippen MR) is 234 cm³/mol. The Morgan fingerprint density at radius 2 is 0.895 bits per heavy atom. The Morgan fingerprint density at radius 1 is 0.351 bits per heavy atom. The fourth-order valence-corrected chi connectivity index (χ4v) is 9.62. The number of hydrogen-bond acceptors (Lipinski definition) is 2. The summed E-state index contributed by atoms with van der Waals surface area (Å²) in [5, 5.41) is 0. The minimum absolute atomic E-state index is 0.498. The van der Waals surface area contributed by atoms with Gasteiger partial charge in [0.05, 0.1) is 16.8 Å². The van der Waals surface area contributed by atoms with Crippen LogP contribution in [-0.4, -0.2) is 9.97 Å². The molecule has 268 valence electrons. The van der Waals surface area contributed by atoms with Crippen molar-refractivity contribution in [3.63, 3.8) is 0 Å². The Morgan fingerprint density at radius 3 is 1.61 bits per heavy atom. The molecule has 9 aromatic rings. The molecule has 2 heteroatoms. The SMILES string of the molecule is c1ccc(-c2cc(-c3ccc4c(c3-c3ccc5c(c3)C(c3ccccc3)(c3ccccc3)c3ccccc3-5)CCc3ccccc3-4)nc(-c3ccccc3)n2)cc1. The lowest BCUT2D eigenvalue weighted by molar-refractivity contribution is 0.768. The second-order valence-electron chi connectivity index (χ2n) is 15.2. The maximum Gasteiger partial charge on any atom is 0.160 e. The van der Waals surface area contributed by atoms with E-state index in [0.29, 0.717) is 0 Å². The molecule has 0 saturated heterocycles. The zero-order valence-corrected chi connectivity index (χ0v) is 31.4. The van der Waals surface area contributed by atoms with Crippen LogP contribution in [-0.2, 0) is 18.3 Å². The highest BCUT2D eigenvalue weighted by Crippen LogP contribution is 2.57. The van der Waals surface area contributed by atoms with Crippen molar-refractivity contribution < 1.29 is 0 Å². The van der Waals surface area contributed by atoms with Crippen LogP contribution in [0.2, 0.25) is 0 Å². The van der Waals surface area contributed by atoms with E-state index in [9.17, 15) is 0 Å². The van der Waals surface area contributed by atoms with E-state index in [1.54, 1.807) is 0 Å². The van der Waals surface area contributed by atoms with Gasteiger partial charge in [-0.05, 0) is 91.7 Å². The molecule has 57 heavy (non-hydrogen) atoms. The molecular weight excluding hydrogens is 689 g/mol. The molecule has 0 bridgehead atoms. The van der Waals surface area contributed by atoms with Crippen LogP contribution in [0.4, 0.5) is 0 Å². The Kier molecular flexibility index (Phi) is 7.89. The van der Waals surface area contributed by atoms with Crippen LogP contribution in [0.1, 0.15) is 33.4 Å². The maximum absolute atomic E-state index is 5.40. The molecule has 0 radical (unpaired) electrons. The summed E-state index contributed by atoms with van der Waals surface area (Å²) < 4.78 is 0. The van der Waals surface area contributed by atoms with Gasteiger partial charge in [0.25, 0.3) is 0 Å². The summed E-state index contributed by atoms with van der Waals surface area (Å²) in [4.78, 5) is 10.6. The number of fused-ring (bicyclic) bond motifs is 6. The van der Waals surface area contributed by atoms with E-state index in [2.05, 4.69) is 200 Å². The molecule has 2 nitrogen and oxygen atoms in total. The van der Waals surface area contributed by atoms with Crippen LogP contribution in [0.5, 0.6) is 0 Å². The van der Waals surface area contributed by atoms with Gasteiger partial charge in [-0.3, -0.25) is 0 Å².